The Morgan fingerprint density at radius 2 is 2.05 bits per heavy atom. The van der Waals surface area contributed by atoms with Crippen molar-refractivity contribution in [2.75, 3.05) is 13.2 Å². The van der Waals surface area contributed by atoms with Gasteiger partial charge in [0, 0.05) is 0 Å². The lowest BCUT2D eigenvalue weighted by Crippen LogP contribution is -2.19. The molecule has 1 fully saturated rings. The highest BCUT2D eigenvalue weighted by molar-refractivity contribution is 9.10. The predicted molar refractivity (Wildman–Crippen MR) is 78.1 cm³/mol. The zero-order valence-corrected chi connectivity index (χ0v) is 13.2. The number of halogens is 1. The molecule has 1 aliphatic carbocycles. The molecule has 5 heteroatoms. The molecule has 4 nitrogen and oxygen atoms in total. The maximum Gasteiger partial charge on any atom is 0.379 e. The van der Waals surface area contributed by atoms with Crippen molar-refractivity contribution < 1.29 is 19.1 Å². The third-order valence-electron chi connectivity index (χ3n) is 3.05. The van der Waals surface area contributed by atoms with Crippen LogP contribution in [0.3, 0.4) is 0 Å². The molecule has 0 bridgehead atoms. The molecule has 0 radical (unpaired) electrons. The molecule has 0 heterocycles. The summed E-state index contributed by atoms with van der Waals surface area (Å²) in [7, 11) is 0. The van der Waals surface area contributed by atoms with Crippen LogP contribution < -0.4 is 4.74 Å². The topological polar surface area (TPSA) is 52.6 Å². The molecule has 108 valence electrons. The van der Waals surface area contributed by atoms with E-state index in [-0.39, 0.29) is 12.2 Å². The Morgan fingerprint density at radius 3 is 2.65 bits per heavy atom. The van der Waals surface area contributed by atoms with E-state index in [0.717, 1.165) is 18.4 Å². The summed E-state index contributed by atoms with van der Waals surface area (Å²) in [6.45, 7) is 4.28. The maximum absolute atomic E-state index is 12.1. The molecule has 1 saturated carbocycles. The Labute approximate surface area is 126 Å². The molecule has 20 heavy (non-hydrogen) atoms. The first kappa shape index (κ1) is 15.0. The molecule has 1 aliphatic rings. The van der Waals surface area contributed by atoms with Crippen LogP contribution in [0.25, 0.3) is 0 Å². The zero-order chi connectivity index (χ0) is 14.7. The van der Waals surface area contributed by atoms with Crippen LogP contribution in [0.15, 0.2) is 16.6 Å². The van der Waals surface area contributed by atoms with Gasteiger partial charge in [0.2, 0.25) is 0 Å². The third kappa shape index (κ3) is 3.60. The minimum absolute atomic E-state index is 0.176. The first-order chi connectivity index (χ1) is 9.52. The number of hydrogen-bond acceptors (Lipinski definition) is 4. The molecular weight excluding hydrogens is 324 g/mol. The Morgan fingerprint density at radius 1 is 1.35 bits per heavy atom. The molecular formula is C15H17BrO4. The van der Waals surface area contributed by atoms with Gasteiger partial charge in [-0.2, -0.15) is 0 Å². The first-order valence-corrected chi connectivity index (χ1v) is 7.46. The van der Waals surface area contributed by atoms with Gasteiger partial charge in [-0.05, 0) is 66.2 Å². The van der Waals surface area contributed by atoms with Gasteiger partial charge in [-0.25, -0.2) is 4.79 Å². The van der Waals surface area contributed by atoms with Gasteiger partial charge in [0.15, 0.2) is 0 Å². The number of benzene rings is 1. The molecule has 0 saturated heterocycles. The van der Waals surface area contributed by atoms with Gasteiger partial charge in [0.1, 0.15) is 5.75 Å². The van der Waals surface area contributed by atoms with Crippen LogP contribution in [-0.4, -0.2) is 25.0 Å². The highest BCUT2D eigenvalue weighted by Gasteiger charge is 2.27. The van der Waals surface area contributed by atoms with Gasteiger partial charge in [-0.1, -0.05) is 0 Å². The molecule has 1 aromatic carbocycles. The Balaban J connectivity index is 2.27. The second-order valence-electron chi connectivity index (χ2n) is 4.93. The van der Waals surface area contributed by atoms with Gasteiger partial charge < -0.3 is 9.47 Å². The SMILES string of the molecule is CCOC(=O)C(=O)c1cc(C)cc(Br)c1OCC1CC1. The summed E-state index contributed by atoms with van der Waals surface area (Å²) in [5.41, 5.74) is 1.14. The molecule has 0 amide bonds. The number of aryl methyl sites for hydroxylation is 1. The summed E-state index contributed by atoms with van der Waals surface area (Å²) < 4.78 is 11.2. The van der Waals surface area contributed by atoms with E-state index < -0.39 is 11.8 Å². The van der Waals surface area contributed by atoms with Crippen LogP contribution in [0.4, 0.5) is 0 Å². The van der Waals surface area contributed by atoms with Crippen molar-refractivity contribution in [2.24, 2.45) is 5.92 Å². The second kappa shape index (κ2) is 6.39. The van der Waals surface area contributed by atoms with Crippen molar-refractivity contribution >= 4 is 27.7 Å². The summed E-state index contributed by atoms with van der Waals surface area (Å²) in [6.07, 6.45) is 2.31. The highest BCUT2D eigenvalue weighted by Crippen LogP contribution is 2.35. The molecule has 1 aromatic rings. The number of ether oxygens (including phenoxy) is 2. The van der Waals surface area contributed by atoms with E-state index in [9.17, 15) is 9.59 Å². The van der Waals surface area contributed by atoms with Crippen molar-refractivity contribution in [3.63, 3.8) is 0 Å². The van der Waals surface area contributed by atoms with E-state index in [4.69, 9.17) is 9.47 Å². The van der Waals surface area contributed by atoms with Gasteiger partial charge in [0.05, 0.1) is 23.2 Å². The Bertz CT molecular complexity index is 535. The second-order valence-corrected chi connectivity index (χ2v) is 5.78. The van der Waals surface area contributed by atoms with E-state index in [0.29, 0.717) is 22.7 Å². The van der Waals surface area contributed by atoms with E-state index in [1.807, 2.05) is 13.0 Å². The van der Waals surface area contributed by atoms with Crippen LogP contribution >= 0.6 is 15.9 Å². The van der Waals surface area contributed by atoms with Gasteiger partial charge in [-0.3, -0.25) is 4.79 Å². The number of ketones is 1. The number of carbonyl (C=O) groups excluding carboxylic acids is 2. The van der Waals surface area contributed by atoms with E-state index >= 15 is 0 Å². The van der Waals surface area contributed by atoms with Crippen LogP contribution in [0, 0.1) is 12.8 Å². The van der Waals surface area contributed by atoms with Crippen molar-refractivity contribution in [1.29, 1.82) is 0 Å². The molecule has 0 N–H and O–H groups in total. The van der Waals surface area contributed by atoms with Crippen molar-refractivity contribution in [3.8, 4) is 5.75 Å². The molecule has 0 aromatic heterocycles. The minimum atomic E-state index is -0.846. The quantitative estimate of drug-likeness (QED) is 0.453. The molecule has 0 aliphatic heterocycles. The largest absolute Gasteiger partial charge is 0.491 e. The summed E-state index contributed by atoms with van der Waals surface area (Å²) in [5.74, 6) is -0.516. The van der Waals surface area contributed by atoms with Gasteiger partial charge in [0.25, 0.3) is 5.78 Å². The normalized spacial score (nSPS) is 13.9. The first-order valence-electron chi connectivity index (χ1n) is 6.67. The lowest BCUT2D eigenvalue weighted by Gasteiger charge is -2.13. The molecule has 0 atom stereocenters. The fourth-order valence-electron chi connectivity index (χ4n) is 1.84. The summed E-state index contributed by atoms with van der Waals surface area (Å²) in [4.78, 5) is 23.8. The van der Waals surface area contributed by atoms with Crippen molar-refractivity contribution in [1.82, 2.24) is 0 Å². The lowest BCUT2D eigenvalue weighted by atomic mass is 10.1. The monoisotopic (exact) mass is 340 g/mol. The van der Waals surface area contributed by atoms with Gasteiger partial charge >= 0.3 is 5.97 Å². The summed E-state index contributed by atoms with van der Waals surface area (Å²) >= 11 is 3.40. The Kier molecular flexibility index (Phi) is 4.81. The van der Waals surface area contributed by atoms with Gasteiger partial charge in [-0.15, -0.1) is 0 Å². The average molecular weight is 341 g/mol. The van der Waals surface area contributed by atoms with Crippen molar-refractivity contribution in [2.45, 2.75) is 26.7 Å². The van der Waals surface area contributed by atoms with Crippen LogP contribution in [-0.2, 0) is 9.53 Å². The summed E-state index contributed by atoms with van der Waals surface area (Å²) in [5, 5.41) is 0. The fraction of sp³-hybridized carbons (Fsp3) is 0.467. The fourth-order valence-corrected chi connectivity index (χ4v) is 2.53. The zero-order valence-electron chi connectivity index (χ0n) is 11.6. The number of Topliss-reactive ketones (excluding diaryl/α,β-unsaturated/α-hetero) is 1. The maximum atomic E-state index is 12.1. The molecule has 2 rings (SSSR count). The Hall–Kier alpha value is -1.36. The molecule has 0 spiro atoms. The van der Waals surface area contributed by atoms with E-state index in [2.05, 4.69) is 15.9 Å². The number of rotatable bonds is 6. The highest BCUT2D eigenvalue weighted by atomic mass is 79.9. The molecule has 0 unspecified atom stereocenters. The standard InChI is InChI=1S/C15H17BrO4/c1-3-19-15(18)13(17)11-6-9(2)7-12(16)14(11)20-8-10-4-5-10/h6-7,10H,3-5,8H2,1-2H3. The van der Waals surface area contributed by atoms with E-state index in [1.165, 1.54) is 0 Å². The number of hydrogen-bond donors (Lipinski definition) is 0. The predicted octanol–water partition coefficient (Wildman–Crippen LogP) is 3.29. The van der Waals surface area contributed by atoms with Crippen LogP contribution in [0.1, 0.15) is 35.7 Å². The minimum Gasteiger partial charge on any atom is -0.491 e. The smallest absolute Gasteiger partial charge is 0.379 e. The lowest BCUT2D eigenvalue weighted by molar-refractivity contribution is -0.137. The number of carbonyl (C=O) groups is 2. The number of esters is 1. The van der Waals surface area contributed by atoms with Crippen LogP contribution in [0.2, 0.25) is 0 Å². The summed E-state index contributed by atoms with van der Waals surface area (Å²) in [6, 6.07) is 3.52. The van der Waals surface area contributed by atoms with Crippen LogP contribution in [0.5, 0.6) is 5.75 Å². The third-order valence-corrected chi connectivity index (χ3v) is 3.64. The van der Waals surface area contributed by atoms with E-state index in [1.54, 1.807) is 13.0 Å². The average Bonchev–Trinajstić information content (AvgIpc) is 3.20. The van der Waals surface area contributed by atoms with Crippen molar-refractivity contribution in [3.05, 3.63) is 27.7 Å².